The van der Waals surface area contributed by atoms with E-state index in [1.807, 2.05) is 11.3 Å². The number of nitrogens with two attached hydrogens (primary N) is 1. The lowest BCUT2D eigenvalue weighted by Crippen LogP contribution is -2.43. The lowest BCUT2D eigenvalue weighted by atomic mass is 9.94. The van der Waals surface area contributed by atoms with Crippen LogP contribution in [-0.2, 0) is 13.0 Å². The highest BCUT2D eigenvalue weighted by molar-refractivity contribution is 9.10. The van der Waals surface area contributed by atoms with E-state index >= 15 is 0 Å². The van der Waals surface area contributed by atoms with Crippen molar-refractivity contribution in [1.29, 1.82) is 0 Å². The van der Waals surface area contributed by atoms with E-state index in [0.717, 1.165) is 30.4 Å². The van der Waals surface area contributed by atoms with Crippen molar-refractivity contribution in [1.82, 2.24) is 4.90 Å². The molecule has 2 unspecified atom stereocenters. The maximum atomic E-state index is 6.48. The van der Waals surface area contributed by atoms with E-state index in [0.29, 0.717) is 0 Å². The van der Waals surface area contributed by atoms with Gasteiger partial charge in [-0.1, -0.05) is 41.1 Å². The minimum absolute atomic E-state index is 0.156. The van der Waals surface area contributed by atoms with Crippen molar-refractivity contribution < 1.29 is 0 Å². The smallest absolute Gasteiger partial charge is 0.0513 e. The second kappa shape index (κ2) is 6.61. The first-order valence-corrected chi connectivity index (χ1v) is 9.17. The Kier molecular flexibility index (Phi) is 4.79. The molecule has 4 heteroatoms. The predicted octanol–water partition coefficient (Wildman–Crippen LogP) is 4.35. The molecule has 112 valence electrons. The fourth-order valence-corrected chi connectivity index (χ4v) is 4.55. The Labute approximate surface area is 139 Å². The molecular weight excluding hydrogens is 344 g/mol. The first-order valence-electron chi connectivity index (χ1n) is 7.50. The summed E-state index contributed by atoms with van der Waals surface area (Å²) in [4.78, 5) is 4.09. The number of hydrogen-bond acceptors (Lipinski definition) is 3. The number of hydrogen-bond donors (Lipinski definition) is 1. The SMILES string of the molecule is CCC(N)C(c1ccccc1Br)N1CCc2sccc2C1. The Morgan fingerprint density at radius 2 is 2.14 bits per heavy atom. The number of rotatable bonds is 4. The normalized spacial score (nSPS) is 18.2. The van der Waals surface area contributed by atoms with Crippen LogP contribution in [-0.4, -0.2) is 17.5 Å². The highest BCUT2D eigenvalue weighted by Gasteiger charge is 2.30. The molecule has 2 atom stereocenters. The van der Waals surface area contributed by atoms with Gasteiger partial charge in [0.05, 0.1) is 6.04 Å². The van der Waals surface area contributed by atoms with Gasteiger partial charge in [-0.15, -0.1) is 11.3 Å². The van der Waals surface area contributed by atoms with Crippen molar-refractivity contribution in [3.05, 3.63) is 56.2 Å². The highest BCUT2D eigenvalue weighted by atomic mass is 79.9. The molecule has 0 saturated heterocycles. The Morgan fingerprint density at radius 1 is 1.33 bits per heavy atom. The molecule has 1 aliphatic heterocycles. The van der Waals surface area contributed by atoms with Crippen LogP contribution in [0.25, 0.3) is 0 Å². The molecule has 0 spiro atoms. The summed E-state index contributed by atoms with van der Waals surface area (Å²) in [5.41, 5.74) is 9.27. The van der Waals surface area contributed by atoms with Gasteiger partial charge < -0.3 is 5.73 Å². The van der Waals surface area contributed by atoms with Crippen molar-refractivity contribution in [3.63, 3.8) is 0 Å². The fourth-order valence-electron chi connectivity index (χ4n) is 3.14. The average Bonchev–Trinajstić information content (AvgIpc) is 2.97. The molecule has 0 amide bonds. The molecule has 1 aromatic carbocycles. The van der Waals surface area contributed by atoms with Crippen molar-refractivity contribution in [2.24, 2.45) is 5.73 Å². The van der Waals surface area contributed by atoms with Crippen molar-refractivity contribution in [2.75, 3.05) is 6.54 Å². The molecule has 1 aromatic heterocycles. The lowest BCUT2D eigenvalue weighted by Gasteiger charge is -2.38. The molecule has 0 fully saturated rings. The standard InChI is InChI=1S/C17H21BrN2S/c1-2-15(19)17(13-5-3-4-6-14(13)18)20-9-7-16-12(11-20)8-10-21-16/h3-6,8,10,15,17H,2,7,9,11,19H2,1H3. The van der Waals surface area contributed by atoms with Crippen LogP contribution in [0.5, 0.6) is 0 Å². The van der Waals surface area contributed by atoms with E-state index in [1.54, 1.807) is 4.88 Å². The van der Waals surface area contributed by atoms with Gasteiger partial charge in [-0.05, 0) is 41.5 Å². The molecule has 2 aromatic rings. The number of thiophene rings is 1. The van der Waals surface area contributed by atoms with Crippen LogP contribution in [0.4, 0.5) is 0 Å². The minimum atomic E-state index is 0.156. The molecule has 1 aliphatic rings. The van der Waals surface area contributed by atoms with Crippen LogP contribution in [0.3, 0.4) is 0 Å². The first-order chi connectivity index (χ1) is 10.2. The number of benzene rings is 1. The molecule has 0 aliphatic carbocycles. The monoisotopic (exact) mass is 364 g/mol. The number of fused-ring (bicyclic) bond motifs is 1. The topological polar surface area (TPSA) is 29.3 Å². The van der Waals surface area contributed by atoms with E-state index < -0.39 is 0 Å². The third-order valence-electron chi connectivity index (χ3n) is 4.33. The zero-order chi connectivity index (χ0) is 14.8. The quantitative estimate of drug-likeness (QED) is 0.873. The van der Waals surface area contributed by atoms with E-state index in [9.17, 15) is 0 Å². The summed E-state index contributed by atoms with van der Waals surface area (Å²) in [6.45, 7) is 4.28. The van der Waals surface area contributed by atoms with E-state index in [1.165, 1.54) is 11.1 Å². The molecule has 3 rings (SSSR count). The van der Waals surface area contributed by atoms with Gasteiger partial charge in [-0.2, -0.15) is 0 Å². The summed E-state index contributed by atoms with van der Waals surface area (Å²) < 4.78 is 1.16. The van der Waals surface area contributed by atoms with Gasteiger partial charge in [0.15, 0.2) is 0 Å². The summed E-state index contributed by atoms with van der Waals surface area (Å²) in [5, 5.41) is 2.21. The zero-order valence-electron chi connectivity index (χ0n) is 12.3. The van der Waals surface area contributed by atoms with Crippen LogP contribution < -0.4 is 5.73 Å². The largest absolute Gasteiger partial charge is 0.326 e. The zero-order valence-corrected chi connectivity index (χ0v) is 14.7. The predicted molar refractivity (Wildman–Crippen MR) is 93.6 cm³/mol. The Hall–Kier alpha value is -0.680. The molecule has 21 heavy (non-hydrogen) atoms. The maximum Gasteiger partial charge on any atom is 0.0513 e. The van der Waals surface area contributed by atoms with Gasteiger partial charge in [0.25, 0.3) is 0 Å². The molecule has 2 N–H and O–H groups in total. The summed E-state index contributed by atoms with van der Waals surface area (Å²) in [7, 11) is 0. The molecule has 2 heterocycles. The Balaban J connectivity index is 1.92. The molecular formula is C17H21BrN2S. The van der Waals surface area contributed by atoms with Gasteiger partial charge >= 0.3 is 0 Å². The fraction of sp³-hybridized carbons (Fsp3) is 0.412. The van der Waals surface area contributed by atoms with Crippen LogP contribution in [0.2, 0.25) is 0 Å². The second-order valence-corrected chi connectivity index (χ2v) is 7.48. The van der Waals surface area contributed by atoms with Crippen molar-refractivity contribution in [3.8, 4) is 0 Å². The molecule has 0 bridgehead atoms. The molecule has 0 saturated carbocycles. The third-order valence-corrected chi connectivity index (χ3v) is 6.08. The average molecular weight is 365 g/mol. The van der Waals surface area contributed by atoms with Crippen molar-refractivity contribution >= 4 is 27.3 Å². The van der Waals surface area contributed by atoms with E-state index in [4.69, 9.17) is 5.73 Å². The third kappa shape index (κ3) is 3.09. The highest BCUT2D eigenvalue weighted by Crippen LogP contribution is 2.35. The lowest BCUT2D eigenvalue weighted by molar-refractivity contribution is 0.153. The Bertz CT molecular complexity index is 610. The van der Waals surface area contributed by atoms with Gasteiger partial charge in [-0.3, -0.25) is 4.90 Å². The van der Waals surface area contributed by atoms with Gasteiger partial charge in [0.1, 0.15) is 0 Å². The van der Waals surface area contributed by atoms with Gasteiger partial charge in [-0.25, -0.2) is 0 Å². The minimum Gasteiger partial charge on any atom is -0.326 e. The van der Waals surface area contributed by atoms with E-state index in [2.05, 4.69) is 63.5 Å². The van der Waals surface area contributed by atoms with Crippen LogP contribution in [0.1, 0.15) is 35.4 Å². The number of nitrogens with zero attached hydrogens (tertiary/aromatic N) is 1. The summed E-state index contributed by atoms with van der Waals surface area (Å²) in [6, 6.07) is 11.2. The second-order valence-electron chi connectivity index (χ2n) is 5.63. The molecule has 0 radical (unpaired) electrons. The maximum absolute atomic E-state index is 6.48. The van der Waals surface area contributed by atoms with Crippen LogP contribution in [0, 0.1) is 0 Å². The summed E-state index contributed by atoms with van der Waals surface area (Å²) >= 11 is 5.59. The van der Waals surface area contributed by atoms with Crippen molar-refractivity contribution in [2.45, 2.75) is 38.4 Å². The molecule has 2 nitrogen and oxygen atoms in total. The number of halogens is 1. The Morgan fingerprint density at radius 3 is 2.90 bits per heavy atom. The van der Waals surface area contributed by atoms with Crippen LogP contribution in [0.15, 0.2) is 40.2 Å². The summed E-state index contributed by atoms with van der Waals surface area (Å²) in [5.74, 6) is 0. The summed E-state index contributed by atoms with van der Waals surface area (Å²) in [6.07, 6.45) is 2.13. The van der Waals surface area contributed by atoms with E-state index in [-0.39, 0.29) is 12.1 Å². The van der Waals surface area contributed by atoms with Gasteiger partial charge in [0, 0.05) is 28.5 Å². The first kappa shape index (κ1) is 15.2. The van der Waals surface area contributed by atoms with Crippen LogP contribution >= 0.6 is 27.3 Å². The van der Waals surface area contributed by atoms with Gasteiger partial charge in [0.2, 0.25) is 0 Å².